The molecule has 68 valence electrons. The fourth-order valence-electron chi connectivity index (χ4n) is 1.00. The summed E-state index contributed by atoms with van der Waals surface area (Å²) in [5, 5.41) is 3.89. The molecule has 0 aliphatic heterocycles. The average Bonchev–Trinajstić information content (AvgIpc) is 2.47. The normalized spacial score (nSPS) is 12.1. The molecule has 0 N–H and O–H groups in total. The Morgan fingerprint density at radius 2 is 2.15 bits per heavy atom. The number of rotatable bonds is 1. The van der Waals surface area contributed by atoms with Crippen LogP contribution >= 0.6 is 0 Å². The van der Waals surface area contributed by atoms with E-state index >= 15 is 0 Å². The highest BCUT2D eigenvalue weighted by atomic mass is 32.3. The molecule has 0 aliphatic carbocycles. The summed E-state index contributed by atoms with van der Waals surface area (Å²) in [7, 11) is -4.64. The van der Waals surface area contributed by atoms with Crippen LogP contribution in [0.25, 0.3) is 11.0 Å². The van der Waals surface area contributed by atoms with E-state index in [-0.39, 0.29) is 4.90 Å². The molecule has 0 fully saturated rings. The highest BCUT2D eigenvalue weighted by Gasteiger charge is 2.12. The van der Waals surface area contributed by atoms with Gasteiger partial charge in [-0.2, -0.15) is 8.42 Å². The van der Waals surface area contributed by atoms with Crippen LogP contribution in [0.5, 0.6) is 0 Å². The second kappa shape index (κ2) is 2.53. The van der Waals surface area contributed by atoms with Gasteiger partial charge in [-0.3, -0.25) is 0 Å². The van der Waals surface area contributed by atoms with Crippen molar-refractivity contribution in [3.05, 3.63) is 24.4 Å². The summed E-state index contributed by atoms with van der Waals surface area (Å²) in [4.78, 5) is -0.386. The van der Waals surface area contributed by atoms with Gasteiger partial charge in [-0.05, 0) is 18.2 Å². The Labute approximate surface area is 73.2 Å². The molecule has 2 aromatic rings. The highest BCUT2D eigenvalue weighted by Crippen LogP contribution is 2.19. The third-order valence-corrected chi connectivity index (χ3v) is 2.42. The zero-order valence-electron chi connectivity index (χ0n) is 6.27. The van der Waals surface area contributed by atoms with Crippen LogP contribution in [-0.4, -0.2) is 13.6 Å². The second-order valence-corrected chi connectivity index (χ2v) is 3.81. The molecule has 4 nitrogen and oxygen atoms in total. The van der Waals surface area contributed by atoms with Gasteiger partial charge < -0.3 is 4.52 Å². The van der Waals surface area contributed by atoms with Crippen LogP contribution in [0.3, 0.4) is 0 Å². The Balaban J connectivity index is 2.75. The van der Waals surface area contributed by atoms with Crippen molar-refractivity contribution in [1.82, 2.24) is 5.16 Å². The molecule has 6 heteroatoms. The molecule has 0 bridgehead atoms. The van der Waals surface area contributed by atoms with Gasteiger partial charge in [0, 0.05) is 5.39 Å². The molecule has 0 radical (unpaired) electrons. The standard InChI is InChI=1S/C7H4FNO3S/c8-13(10,11)6-1-2-7-5(3-6)4-9-12-7/h1-4H. The van der Waals surface area contributed by atoms with Gasteiger partial charge in [-0.15, -0.1) is 3.89 Å². The van der Waals surface area contributed by atoms with Crippen molar-refractivity contribution < 1.29 is 16.8 Å². The van der Waals surface area contributed by atoms with Crippen LogP contribution in [0.4, 0.5) is 3.89 Å². The molecule has 1 aromatic carbocycles. The topological polar surface area (TPSA) is 60.2 Å². The van der Waals surface area contributed by atoms with Crippen molar-refractivity contribution in [2.24, 2.45) is 0 Å². The van der Waals surface area contributed by atoms with E-state index in [1.54, 1.807) is 0 Å². The first kappa shape index (κ1) is 8.18. The van der Waals surface area contributed by atoms with Crippen LogP contribution in [0.2, 0.25) is 0 Å². The summed E-state index contributed by atoms with van der Waals surface area (Å²) >= 11 is 0. The van der Waals surface area contributed by atoms with Gasteiger partial charge >= 0.3 is 10.2 Å². The average molecular weight is 201 g/mol. The molecular weight excluding hydrogens is 197 g/mol. The van der Waals surface area contributed by atoms with Crippen LogP contribution in [0.1, 0.15) is 0 Å². The fourth-order valence-corrected chi connectivity index (χ4v) is 1.50. The summed E-state index contributed by atoms with van der Waals surface area (Å²) in [5.74, 6) is 0. The number of halogens is 1. The molecule has 1 aromatic heterocycles. The molecule has 0 saturated carbocycles. The molecule has 2 rings (SSSR count). The summed E-state index contributed by atoms with van der Waals surface area (Å²) in [6, 6.07) is 3.65. The Hall–Kier alpha value is -1.43. The van der Waals surface area contributed by atoms with Gasteiger partial charge in [-0.1, -0.05) is 5.16 Å². The first-order valence-electron chi connectivity index (χ1n) is 3.36. The second-order valence-electron chi connectivity index (χ2n) is 2.46. The first-order valence-corrected chi connectivity index (χ1v) is 4.75. The maximum Gasteiger partial charge on any atom is 0.332 e. The van der Waals surface area contributed by atoms with Crippen LogP contribution < -0.4 is 0 Å². The van der Waals surface area contributed by atoms with E-state index in [9.17, 15) is 12.3 Å². The third-order valence-electron chi connectivity index (χ3n) is 1.61. The number of nitrogens with zero attached hydrogens (tertiary/aromatic N) is 1. The van der Waals surface area contributed by atoms with Gasteiger partial charge in [-0.25, -0.2) is 0 Å². The fraction of sp³-hybridized carbons (Fsp3) is 0. The molecule has 1 heterocycles. The van der Waals surface area contributed by atoms with E-state index in [0.29, 0.717) is 11.0 Å². The smallest absolute Gasteiger partial charge is 0.332 e. The molecule has 0 saturated heterocycles. The van der Waals surface area contributed by atoms with Crippen LogP contribution in [-0.2, 0) is 10.2 Å². The Kier molecular flexibility index (Phi) is 1.59. The van der Waals surface area contributed by atoms with Crippen molar-refractivity contribution in [2.75, 3.05) is 0 Å². The molecular formula is C7H4FNO3S. The summed E-state index contributed by atoms with van der Waals surface area (Å²) in [6.45, 7) is 0. The van der Waals surface area contributed by atoms with Crippen molar-refractivity contribution in [1.29, 1.82) is 0 Å². The van der Waals surface area contributed by atoms with Gasteiger partial charge in [0.2, 0.25) is 0 Å². The predicted molar refractivity (Wildman–Crippen MR) is 42.3 cm³/mol. The number of benzene rings is 1. The molecule has 0 aliphatic rings. The Morgan fingerprint density at radius 1 is 1.38 bits per heavy atom. The van der Waals surface area contributed by atoms with E-state index in [2.05, 4.69) is 5.16 Å². The van der Waals surface area contributed by atoms with Crippen molar-refractivity contribution in [2.45, 2.75) is 4.90 Å². The highest BCUT2D eigenvalue weighted by molar-refractivity contribution is 7.86. The van der Waals surface area contributed by atoms with Crippen LogP contribution in [0.15, 0.2) is 33.8 Å². The number of hydrogen-bond donors (Lipinski definition) is 0. The lowest BCUT2D eigenvalue weighted by molar-refractivity contribution is 0.456. The lowest BCUT2D eigenvalue weighted by Gasteiger charge is -1.92. The summed E-state index contributed by atoms with van der Waals surface area (Å²) < 4.78 is 38.2. The van der Waals surface area contributed by atoms with Gasteiger partial charge in [0.15, 0.2) is 5.58 Å². The number of fused-ring (bicyclic) bond motifs is 1. The lowest BCUT2D eigenvalue weighted by atomic mass is 10.3. The minimum absolute atomic E-state index is 0.386. The quantitative estimate of drug-likeness (QED) is 0.656. The summed E-state index contributed by atoms with van der Waals surface area (Å²) in [6.07, 6.45) is 1.32. The molecule has 0 spiro atoms. The van der Waals surface area contributed by atoms with Crippen molar-refractivity contribution >= 4 is 21.2 Å². The minimum atomic E-state index is -4.64. The summed E-state index contributed by atoms with van der Waals surface area (Å²) in [5.41, 5.74) is 0.424. The lowest BCUT2D eigenvalue weighted by Crippen LogP contribution is -1.90. The van der Waals surface area contributed by atoms with Crippen molar-refractivity contribution in [3.63, 3.8) is 0 Å². The monoisotopic (exact) mass is 201 g/mol. The predicted octanol–water partition coefficient (Wildman–Crippen LogP) is 1.49. The van der Waals surface area contributed by atoms with E-state index in [4.69, 9.17) is 4.52 Å². The van der Waals surface area contributed by atoms with E-state index in [0.717, 1.165) is 6.07 Å². The van der Waals surface area contributed by atoms with E-state index < -0.39 is 10.2 Å². The first-order chi connectivity index (χ1) is 6.07. The maximum absolute atomic E-state index is 12.5. The third kappa shape index (κ3) is 1.40. The largest absolute Gasteiger partial charge is 0.356 e. The van der Waals surface area contributed by atoms with E-state index in [1.807, 2.05) is 0 Å². The molecule has 0 atom stereocenters. The van der Waals surface area contributed by atoms with E-state index in [1.165, 1.54) is 18.3 Å². The maximum atomic E-state index is 12.5. The van der Waals surface area contributed by atoms with Gasteiger partial charge in [0.1, 0.15) is 0 Å². The van der Waals surface area contributed by atoms with Crippen LogP contribution in [0, 0.1) is 0 Å². The molecule has 0 unspecified atom stereocenters. The number of aromatic nitrogens is 1. The Morgan fingerprint density at radius 3 is 2.85 bits per heavy atom. The molecule has 13 heavy (non-hydrogen) atoms. The Bertz CT molecular complexity index is 546. The zero-order valence-corrected chi connectivity index (χ0v) is 7.08. The number of hydrogen-bond acceptors (Lipinski definition) is 4. The molecule has 0 amide bonds. The van der Waals surface area contributed by atoms with Crippen molar-refractivity contribution in [3.8, 4) is 0 Å². The van der Waals surface area contributed by atoms with Gasteiger partial charge in [0.05, 0.1) is 11.1 Å². The minimum Gasteiger partial charge on any atom is -0.356 e. The zero-order chi connectivity index (χ0) is 9.47. The SMILES string of the molecule is O=S(=O)(F)c1ccc2oncc2c1. The van der Waals surface area contributed by atoms with Gasteiger partial charge in [0.25, 0.3) is 0 Å².